The monoisotopic (exact) mass is 354 g/mol. The van der Waals surface area contributed by atoms with Crippen LogP contribution in [-0.2, 0) is 16.0 Å². The first-order valence-corrected chi connectivity index (χ1v) is 7.85. The van der Waals surface area contributed by atoms with Gasteiger partial charge in [0.2, 0.25) is 0 Å². The van der Waals surface area contributed by atoms with Crippen LogP contribution in [0, 0.1) is 0 Å². The van der Waals surface area contributed by atoms with Crippen molar-refractivity contribution in [1.82, 2.24) is 9.97 Å². The van der Waals surface area contributed by atoms with E-state index in [1.165, 1.54) is 20.4 Å². The quantitative estimate of drug-likeness (QED) is 0.629. The van der Waals surface area contributed by atoms with Crippen LogP contribution >= 0.6 is 0 Å². The van der Waals surface area contributed by atoms with E-state index in [9.17, 15) is 4.79 Å². The second-order valence-electron chi connectivity index (χ2n) is 5.37. The molecule has 0 bridgehead atoms. The van der Waals surface area contributed by atoms with Crippen molar-refractivity contribution in [1.29, 1.82) is 0 Å². The number of ether oxygens (including phenoxy) is 4. The van der Waals surface area contributed by atoms with Crippen LogP contribution in [-0.4, -0.2) is 37.3 Å². The molecule has 0 atom stereocenters. The van der Waals surface area contributed by atoms with Crippen molar-refractivity contribution in [3.63, 3.8) is 0 Å². The lowest BCUT2D eigenvalue weighted by Crippen LogP contribution is -2.07. The maximum atomic E-state index is 11.5. The van der Waals surface area contributed by atoms with Crippen LogP contribution in [0.15, 0.2) is 42.7 Å². The van der Waals surface area contributed by atoms with E-state index in [1.807, 2.05) is 18.2 Å². The van der Waals surface area contributed by atoms with Crippen LogP contribution in [0.5, 0.6) is 23.0 Å². The lowest BCUT2D eigenvalue weighted by atomic mass is 10.2. The Balaban J connectivity index is 1.93. The SMILES string of the molecule is COC(=O)Cc1ncc(Oc2ccnc3ccc(OC)cc23)cc1OC. The number of methoxy groups -OCH3 is 3. The van der Waals surface area contributed by atoms with Gasteiger partial charge >= 0.3 is 5.97 Å². The van der Waals surface area contributed by atoms with E-state index in [0.717, 1.165) is 10.9 Å². The van der Waals surface area contributed by atoms with Gasteiger partial charge in [-0.3, -0.25) is 14.8 Å². The Hall–Kier alpha value is -3.35. The third kappa shape index (κ3) is 3.66. The molecular formula is C19H18N2O5. The van der Waals surface area contributed by atoms with Crippen molar-refractivity contribution in [2.24, 2.45) is 0 Å². The van der Waals surface area contributed by atoms with E-state index in [1.54, 1.807) is 25.4 Å². The van der Waals surface area contributed by atoms with E-state index in [0.29, 0.717) is 28.7 Å². The van der Waals surface area contributed by atoms with Gasteiger partial charge in [-0.25, -0.2) is 0 Å². The maximum Gasteiger partial charge on any atom is 0.311 e. The van der Waals surface area contributed by atoms with Gasteiger partial charge in [-0.05, 0) is 24.3 Å². The molecular weight excluding hydrogens is 336 g/mol. The zero-order chi connectivity index (χ0) is 18.5. The van der Waals surface area contributed by atoms with Gasteiger partial charge in [0.25, 0.3) is 0 Å². The average molecular weight is 354 g/mol. The van der Waals surface area contributed by atoms with E-state index in [4.69, 9.17) is 14.2 Å². The average Bonchev–Trinajstić information content (AvgIpc) is 2.68. The van der Waals surface area contributed by atoms with E-state index >= 15 is 0 Å². The summed E-state index contributed by atoms with van der Waals surface area (Å²) in [6.45, 7) is 0. The highest BCUT2D eigenvalue weighted by Crippen LogP contribution is 2.32. The summed E-state index contributed by atoms with van der Waals surface area (Å²) in [5.74, 6) is 1.85. The number of benzene rings is 1. The number of rotatable bonds is 6. The molecule has 7 heteroatoms. The minimum atomic E-state index is -0.392. The molecule has 0 aliphatic heterocycles. The molecule has 0 N–H and O–H groups in total. The molecule has 0 saturated heterocycles. The Morgan fingerprint density at radius 2 is 1.81 bits per heavy atom. The highest BCUT2D eigenvalue weighted by molar-refractivity contribution is 5.86. The molecule has 0 spiro atoms. The molecule has 26 heavy (non-hydrogen) atoms. The topological polar surface area (TPSA) is 79.8 Å². The predicted octanol–water partition coefficient (Wildman–Crippen LogP) is 3.15. The van der Waals surface area contributed by atoms with E-state index < -0.39 is 5.97 Å². The summed E-state index contributed by atoms with van der Waals surface area (Å²) in [5.41, 5.74) is 1.26. The van der Waals surface area contributed by atoms with Gasteiger partial charge in [0, 0.05) is 17.6 Å². The van der Waals surface area contributed by atoms with Crippen LogP contribution < -0.4 is 14.2 Å². The number of pyridine rings is 2. The fraction of sp³-hybridized carbons (Fsp3) is 0.211. The number of aromatic nitrogens is 2. The minimum Gasteiger partial charge on any atom is -0.497 e. The van der Waals surface area contributed by atoms with E-state index in [-0.39, 0.29) is 6.42 Å². The summed E-state index contributed by atoms with van der Waals surface area (Å²) in [6.07, 6.45) is 3.23. The molecule has 2 aromatic heterocycles. The molecule has 0 amide bonds. The van der Waals surface area contributed by atoms with Crippen LogP contribution in [0.4, 0.5) is 0 Å². The molecule has 3 aromatic rings. The lowest BCUT2D eigenvalue weighted by molar-refractivity contribution is -0.139. The Bertz CT molecular complexity index is 942. The van der Waals surface area contributed by atoms with Crippen molar-refractivity contribution >= 4 is 16.9 Å². The molecule has 0 unspecified atom stereocenters. The highest BCUT2D eigenvalue weighted by Gasteiger charge is 2.13. The second-order valence-corrected chi connectivity index (χ2v) is 5.37. The van der Waals surface area contributed by atoms with Crippen LogP contribution in [0.25, 0.3) is 10.9 Å². The Morgan fingerprint density at radius 3 is 2.54 bits per heavy atom. The van der Waals surface area contributed by atoms with Gasteiger partial charge in [0.15, 0.2) is 0 Å². The number of carbonyl (C=O) groups excluding carboxylic acids is 1. The molecule has 3 rings (SSSR count). The third-order valence-electron chi connectivity index (χ3n) is 3.80. The van der Waals surface area contributed by atoms with Crippen molar-refractivity contribution in [2.75, 3.05) is 21.3 Å². The molecule has 7 nitrogen and oxygen atoms in total. The van der Waals surface area contributed by atoms with Gasteiger partial charge in [-0.1, -0.05) is 0 Å². The third-order valence-corrected chi connectivity index (χ3v) is 3.80. The predicted molar refractivity (Wildman–Crippen MR) is 94.9 cm³/mol. The summed E-state index contributed by atoms with van der Waals surface area (Å²) in [6, 6.07) is 8.99. The molecule has 1 aromatic carbocycles. The highest BCUT2D eigenvalue weighted by atomic mass is 16.5. The Morgan fingerprint density at radius 1 is 0.962 bits per heavy atom. The van der Waals surface area contributed by atoms with Crippen molar-refractivity contribution < 1.29 is 23.7 Å². The molecule has 0 radical (unpaired) electrons. The van der Waals surface area contributed by atoms with E-state index in [2.05, 4.69) is 14.7 Å². The summed E-state index contributed by atoms with van der Waals surface area (Å²) in [4.78, 5) is 20.0. The Kier molecular flexibility index (Phi) is 5.17. The van der Waals surface area contributed by atoms with Crippen molar-refractivity contribution in [2.45, 2.75) is 6.42 Å². The largest absolute Gasteiger partial charge is 0.497 e. The molecule has 0 aliphatic carbocycles. The first-order chi connectivity index (χ1) is 12.6. The summed E-state index contributed by atoms with van der Waals surface area (Å²) >= 11 is 0. The smallest absolute Gasteiger partial charge is 0.311 e. The molecule has 0 fully saturated rings. The van der Waals surface area contributed by atoms with Gasteiger partial charge in [-0.15, -0.1) is 0 Å². The first kappa shape index (κ1) is 17.5. The molecule has 0 saturated carbocycles. The summed E-state index contributed by atoms with van der Waals surface area (Å²) < 4.78 is 21.2. The van der Waals surface area contributed by atoms with Gasteiger partial charge in [-0.2, -0.15) is 0 Å². The zero-order valence-corrected chi connectivity index (χ0v) is 14.7. The molecule has 134 valence electrons. The number of hydrogen-bond donors (Lipinski definition) is 0. The van der Waals surface area contributed by atoms with Gasteiger partial charge < -0.3 is 18.9 Å². The Labute approximate surface area is 150 Å². The normalized spacial score (nSPS) is 10.4. The van der Waals surface area contributed by atoms with Crippen LogP contribution in [0.2, 0.25) is 0 Å². The standard InChI is InChI=1S/C19H18N2O5/c1-23-12-4-5-15-14(8-12)17(6-7-20-15)26-13-9-18(24-2)16(21-11-13)10-19(22)25-3/h4-9,11H,10H2,1-3H3. The van der Waals surface area contributed by atoms with Gasteiger partial charge in [0.05, 0.1) is 45.2 Å². The number of nitrogens with zero attached hydrogens (tertiary/aromatic N) is 2. The minimum absolute atomic E-state index is 0.0232. The number of esters is 1. The van der Waals surface area contributed by atoms with Crippen molar-refractivity contribution in [3.8, 4) is 23.0 Å². The fourth-order valence-corrected chi connectivity index (χ4v) is 2.47. The molecule has 2 heterocycles. The number of fused-ring (bicyclic) bond motifs is 1. The fourth-order valence-electron chi connectivity index (χ4n) is 2.47. The number of hydrogen-bond acceptors (Lipinski definition) is 7. The first-order valence-electron chi connectivity index (χ1n) is 7.85. The molecule has 0 aliphatic rings. The lowest BCUT2D eigenvalue weighted by Gasteiger charge is -2.12. The number of carbonyl (C=O) groups is 1. The second kappa shape index (κ2) is 7.69. The summed E-state index contributed by atoms with van der Waals surface area (Å²) in [7, 11) is 4.44. The van der Waals surface area contributed by atoms with Gasteiger partial charge in [0.1, 0.15) is 23.0 Å². The zero-order valence-electron chi connectivity index (χ0n) is 14.7. The maximum absolute atomic E-state index is 11.5. The van der Waals surface area contributed by atoms with Crippen molar-refractivity contribution in [3.05, 3.63) is 48.4 Å². The summed E-state index contributed by atoms with van der Waals surface area (Å²) in [5, 5.41) is 0.810. The van der Waals surface area contributed by atoms with Crippen LogP contribution in [0.1, 0.15) is 5.69 Å². The van der Waals surface area contributed by atoms with Crippen LogP contribution in [0.3, 0.4) is 0 Å².